The van der Waals surface area contributed by atoms with Crippen LogP contribution in [0.4, 0.5) is 5.13 Å². The standard InChI is InChI=1S/C14H17N3O2S2/c15-21(18,19)12-9-16-13(20-12)17-10-14(6-7-14)8-11-4-2-1-3-5-11/h1-5,9H,6-8,10H2,(H,16,17)(H2,15,18,19). The number of nitrogens with two attached hydrogens (primary N) is 1. The monoisotopic (exact) mass is 323 g/mol. The van der Waals surface area contributed by atoms with Crippen LogP contribution in [0.15, 0.2) is 40.7 Å². The lowest BCUT2D eigenvalue weighted by molar-refractivity contribution is 0.538. The van der Waals surface area contributed by atoms with E-state index in [0.29, 0.717) is 5.13 Å². The first kappa shape index (κ1) is 14.5. The lowest BCUT2D eigenvalue weighted by Gasteiger charge is -2.15. The van der Waals surface area contributed by atoms with Crippen molar-refractivity contribution in [2.45, 2.75) is 23.5 Å². The molecule has 112 valence electrons. The Hall–Kier alpha value is -1.44. The summed E-state index contributed by atoms with van der Waals surface area (Å²) in [6, 6.07) is 10.4. The zero-order valence-electron chi connectivity index (χ0n) is 11.5. The molecule has 7 heteroatoms. The van der Waals surface area contributed by atoms with E-state index in [9.17, 15) is 8.42 Å². The number of primary sulfonamides is 1. The van der Waals surface area contributed by atoms with Gasteiger partial charge < -0.3 is 5.32 Å². The maximum Gasteiger partial charge on any atom is 0.249 e. The second kappa shape index (κ2) is 5.40. The third-order valence-electron chi connectivity index (χ3n) is 3.76. The summed E-state index contributed by atoms with van der Waals surface area (Å²) < 4.78 is 22.5. The van der Waals surface area contributed by atoms with Gasteiger partial charge >= 0.3 is 0 Å². The van der Waals surface area contributed by atoms with Gasteiger partial charge in [0.2, 0.25) is 10.0 Å². The Morgan fingerprint density at radius 1 is 1.29 bits per heavy atom. The number of rotatable bonds is 6. The lowest BCUT2D eigenvalue weighted by atomic mass is 9.96. The molecular weight excluding hydrogens is 306 g/mol. The summed E-state index contributed by atoms with van der Waals surface area (Å²) in [7, 11) is -3.65. The van der Waals surface area contributed by atoms with Gasteiger partial charge in [-0.15, -0.1) is 0 Å². The molecule has 0 atom stereocenters. The molecule has 3 N–H and O–H groups in total. The van der Waals surface area contributed by atoms with E-state index in [4.69, 9.17) is 5.14 Å². The minimum absolute atomic E-state index is 0.0953. The van der Waals surface area contributed by atoms with Gasteiger partial charge in [0.15, 0.2) is 9.34 Å². The predicted molar refractivity (Wildman–Crippen MR) is 83.8 cm³/mol. The molecule has 1 aliphatic rings. The second-order valence-electron chi connectivity index (χ2n) is 5.55. The molecule has 0 bridgehead atoms. The Balaban J connectivity index is 1.61. The number of benzene rings is 1. The summed E-state index contributed by atoms with van der Waals surface area (Å²) in [5, 5.41) is 8.94. The van der Waals surface area contributed by atoms with Crippen molar-refractivity contribution >= 4 is 26.5 Å². The highest BCUT2D eigenvalue weighted by molar-refractivity contribution is 7.91. The van der Waals surface area contributed by atoms with Gasteiger partial charge in [-0.05, 0) is 30.2 Å². The van der Waals surface area contributed by atoms with Gasteiger partial charge in [-0.1, -0.05) is 41.7 Å². The molecule has 1 aromatic carbocycles. The molecule has 0 spiro atoms. The normalized spacial score (nSPS) is 16.6. The maximum atomic E-state index is 11.2. The number of thiazole rings is 1. The van der Waals surface area contributed by atoms with Crippen LogP contribution in [0, 0.1) is 5.41 Å². The van der Waals surface area contributed by atoms with Gasteiger partial charge in [0.25, 0.3) is 0 Å². The smallest absolute Gasteiger partial charge is 0.249 e. The molecule has 21 heavy (non-hydrogen) atoms. The summed E-state index contributed by atoms with van der Waals surface area (Å²) in [6.07, 6.45) is 4.71. The van der Waals surface area contributed by atoms with Crippen molar-refractivity contribution in [1.29, 1.82) is 0 Å². The molecule has 3 rings (SSSR count). The van der Waals surface area contributed by atoms with Crippen LogP contribution in [0.2, 0.25) is 0 Å². The van der Waals surface area contributed by atoms with Gasteiger partial charge in [-0.2, -0.15) is 0 Å². The Bertz CT molecular complexity index is 722. The maximum absolute atomic E-state index is 11.2. The van der Waals surface area contributed by atoms with Crippen LogP contribution in [0.25, 0.3) is 0 Å². The zero-order valence-corrected chi connectivity index (χ0v) is 13.1. The molecule has 0 saturated heterocycles. The molecule has 1 saturated carbocycles. The van der Waals surface area contributed by atoms with Crippen LogP contribution in [0.3, 0.4) is 0 Å². The summed E-state index contributed by atoms with van der Waals surface area (Å²) in [4.78, 5) is 4.07. The van der Waals surface area contributed by atoms with Crippen molar-refractivity contribution in [1.82, 2.24) is 4.98 Å². The third-order valence-corrected chi connectivity index (χ3v) is 6.12. The van der Waals surface area contributed by atoms with Crippen LogP contribution < -0.4 is 10.5 Å². The van der Waals surface area contributed by atoms with E-state index in [-0.39, 0.29) is 9.62 Å². The van der Waals surface area contributed by atoms with Crippen LogP contribution in [-0.4, -0.2) is 19.9 Å². The van der Waals surface area contributed by atoms with Crippen LogP contribution >= 0.6 is 11.3 Å². The van der Waals surface area contributed by atoms with Crippen LogP contribution in [-0.2, 0) is 16.4 Å². The van der Waals surface area contributed by atoms with Gasteiger partial charge in [0, 0.05) is 6.54 Å². The highest BCUT2D eigenvalue weighted by Gasteiger charge is 2.42. The fraction of sp³-hybridized carbons (Fsp3) is 0.357. The highest BCUT2D eigenvalue weighted by atomic mass is 32.2. The van der Waals surface area contributed by atoms with Crippen molar-refractivity contribution < 1.29 is 8.42 Å². The van der Waals surface area contributed by atoms with E-state index >= 15 is 0 Å². The number of nitrogens with zero attached hydrogens (tertiary/aromatic N) is 1. The highest BCUT2D eigenvalue weighted by Crippen LogP contribution is 2.48. The van der Waals surface area contributed by atoms with E-state index in [1.165, 1.54) is 24.6 Å². The number of nitrogens with one attached hydrogen (secondary N) is 1. The number of sulfonamides is 1. The first-order valence-corrected chi connectivity index (χ1v) is 9.10. The van der Waals surface area contributed by atoms with Crippen molar-refractivity contribution in [3.8, 4) is 0 Å². The van der Waals surface area contributed by atoms with E-state index in [0.717, 1.165) is 24.3 Å². The number of anilines is 1. The van der Waals surface area contributed by atoms with E-state index in [1.807, 2.05) is 6.07 Å². The van der Waals surface area contributed by atoms with Gasteiger partial charge in [-0.3, -0.25) is 0 Å². The summed E-state index contributed by atoms with van der Waals surface area (Å²) >= 11 is 1.08. The van der Waals surface area contributed by atoms with Crippen molar-refractivity contribution in [2.24, 2.45) is 10.6 Å². The van der Waals surface area contributed by atoms with Crippen LogP contribution in [0.5, 0.6) is 0 Å². The topological polar surface area (TPSA) is 85.1 Å². The molecule has 1 aromatic heterocycles. The van der Waals surface area contributed by atoms with Crippen molar-refractivity contribution in [2.75, 3.05) is 11.9 Å². The number of hydrogen-bond donors (Lipinski definition) is 2. The first-order chi connectivity index (χ1) is 9.97. The van der Waals surface area contributed by atoms with Gasteiger partial charge in [-0.25, -0.2) is 18.5 Å². The summed E-state index contributed by atoms with van der Waals surface area (Å²) in [6.45, 7) is 0.805. The Kier molecular flexibility index (Phi) is 3.73. The summed E-state index contributed by atoms with van der Waals surface area (Å²) in [5.74, 6) is 0. The predicted octanol–water partition coefficient (Wildman–Crippen LogP) is 2.23. The third kappa shape index (κ3) is 3.61. The number of hydrogen-bond acceptors (Lipinski definition) is 5. The minimum Gasteiger partial charge on any atom is -0.361 e. The molecular formula is C14H17N3O2S2. The molecule has 1 aliphatic carbocycles. The Morgan fingerprint density at radius 3 is 2.57 bits per heavy atom. The second-order valence-corrected chi connectivity index (χ2v) is 8.36. The van der Waals surface area contributed by atoms with Gasteiger partial charge in [0.1, 0.15) is 0 Å². The average Bonchev–Trinajstić information content (AvgIpc) is 3.02. The Labute approximate surface area is 128 Å². The molecule has 5 nitrogen and oxygen atoms in total. The lowest BCUT2D eigenvalue weighted by Crippen LogP contribution is -2.17. The SMILES string of the molecule is NS(=O)(=O)c1cnc(NCC2(Cc3ccccc3)CC2)s1. The van der Waals surface area contributed by atoms with Gasteiger partial charge in [0.05, 0.1) is 6.20 Å². The quantitative estimate of drug-likeness (QED) is 0.853. The molecule has 1 fully saturated rings. The van der Waals surface area contributed by atoms with E-state index < -0.39 is 10.0 Å². The molecule has 2 aromatic rings. The van der Waals surface area contributed by atoms with E-state index in [2.05, 4.69) is 34.6 Å². The molecule has 0 amide bonds. The Morgan fingerprint density at radius 2 is 2.00 bits per heavy atom. The molecule has 0 radical (unpaired) electrons. The van der Waals surface area contributed by atoms with E-state index in [1.54, 1.807) is 0 Å². The fourth-order valence-electron chi connectivity index (χ4n) is 2.36. The molecule has 0 unspecified atom stereocenters. The first-order valence-electron chi connectivity index (χ1n) is 6.73. The largest absolute Gasteiger partial charge is 0.361 e. The van der Waals surface area contributed by atoms with Crippen molar-refractivity contribution in [3.05, 3.63) is 42.1 Å². The molecule has 0 aliphatic heterocycles. The molecule has 1 heterocycles. The fourth-order valence-corrected chi connectivity index (χ4v) is 3.80. The van der Waals surface area contributed by atoms with Crippen LogP contribution in [0.1, 0.15) is 18.4 Å². The summed E-state index contributed by atoms with van der Waals surface area (Å²) in [5.41, 5.74) is 1.61. The zero-order chi connectivity index (χ0) is 14.9. The number of aromatic nitrogens is 1. The minimum atomic E-state index is -3.65. The van der Waals surface area contributed by atoms with Crippen molar-refractivity contribution in [3.63, 3.8) is 0 Å². The average molecular weight is 323 g/mol.